The maximum absolute atomic E-state index is 12.9. The van der Waals surface area contributed by atoms with Crippen LogP contribution >= 0.6 is 0 Å². The van der Waals surface area contributed by atoms with Crippen molar-refractivity contribution in [1.29, 1.82) is 0 Å². The zero-order valence-electron chi connectivity index (χ0n) is 19.6. The fourth-order valence-electron chi connectivity index (χ4n) is 3.73. The lowest BCUT2D eigenvalue weighted by Crippen LogP contribution is -2.56. The Morgan fingerprint density at radius 3 is 2.39 bits per heavy atom. The third kappa shape index (κ3) is 6.84. The number of hydrogen-bond acceptors (Lipinski definition) is 7. The molecular weight excluding hydrogens is 432 g/mol. The summed E-state index contributed by atoms with van der Waals surface area (Å²) in [6.07, 6.45) is -1.23. The maximum atomic E-state index is 12.9. The summed E-state index contributed by atoms with van der Waals surface area (Å²) in [6.45, 7) is 6.47. The van der Waals surface area contributed by atoms with Gasteiger partial charge in [0.05, 0.1) is 7.11 Å². The highest BCUT2D eigenvalue weighted by atomic mass is 16.6. The van der Waals surface area contributed by atoms with E-state index in [2.05, 4.69) is 5.32 Å². The molecule has 0 bridgehead atoms. The van der Waals surface area contributed by atoms with Gasteiger partial charge >= 0.3 is 24.1 Å². The van der Waals surface area contributed by atoms with E-state index in [1.807, 2.05) is 6.07 Å². The second kappa shape index (κ2) is 10.5. The Morgan fingerprint density at radius 2 is 1.85 bits per heavy atom. The molecule has 1 aliphatic rings. The van der Waals surface area contributed by atoms with Gasteiger partial charge in [-0.25, -0.2) is 19.2 Å². The molecule has 0 saturated carbocycles. The molecule has 2 rings (SSSR count). The number of carboxylic acids is 1. The van der Waals surface area contributed by atoms with Crippen molar-refractivity contribution in [2.75, 3.05) is 7.11 Å². The number of esters is 1. The molecule has 1 aromatic rings. The highest BCUT2D eigenvalue weighted by Gasteiger charge is 2.53. The molecule has 1 aliphatic heterocycles. The number of carbonyl (C=O) groups is 4. The van der Waals surface area contributed by atoms with Gasteiger partial charge in [-0.3, -0.25) is 4.90 Å². The molecule has 0 aliphatic carbocycles. The van der Waals surface area contributed by atoms with Gasteiger partial charge in [0, 0.05) is 6.04 Å². The van der Waals surface area contributed by atoms with Gasteiger partial charge in [-0.1, -0.05) is 30.3 Å². The van der Waals surface area contributed by atoms with Crippen LogP contribution in [0.3, 0.4) is 0 Å². The summed E-state index contributed by atoms with van der Waals surface area (Å²) in [5.41, 5.74) is -1.58. The third-order valence-electron chi connectivity index (χ3n) is 5.41. The van der Waals surface area contributed by atoms with Gasteiger partial charge in [-0.2, -0.15) is 0 Å². The molecule has 1 unspecified atom stereocenters. The van der Waals surface area contributed by atoms with Crippen molar-refractivity contribution < 1.29 is 38.5 Å². The standard InChI is InChI=1S/C23H32N2O8/c1-22(2,3)33-21(30)25-16(11-12-23(25,4)19(27)28)13-17(18(26)31-5)24-20(29)32-14-15-9-7-6-8-10-15/h6-10,16-17H,11-14H2,1-5H3,(H,24,29)(H,27,28)/t16-,17?,23-/m0/s1. The van der Waals surface area contributed by atoms with E-state index in [0.717, 1.165) is 10.5 Å². The number of carboxylic acid groups (broad SMARTS) is 1. The molecule has 10 heteroatoms. The van der Waals surface area contributed by atoms with E-state index in [0.29, 0.717) is 6.42 Å². The van der Waals surface area contributed by atoms with Crippen molar-refractivity contribution in [3.8, 4) is 0 Å². The number of ether oxygens (including phenoxy) is 3. The number of methoxy groups -OCH3 is 1. The van der Waals surface area contributed by atoms with Crippen LogP contribution in [0.25, 0.3) is 0 Å². The van der Waals surface area contributed by atoms with E-state index in [-0.39, 0.29) is 19.4 Å². The number of hydrogen-bond donors (Lipinski definition) is 2. The average molecular weight is 465 g/mol. The molecule has 0 radical (unpaired) electrons. The zero-order valence-corrected chi connectivity index (χ0v) is 19.6. The van der Waals surface area contributed by atoms with E-state index in [1.165, 1.54) is 14.0 Å². The molecular formula is C23H32N2O8. The number of benzene rings is 1. The summed E-state index contributed by atoms with van der Waals surface area (Å²) in [5.74, 6) is -1.92. The first-order valence-corrected chi connectivity index (χ1v) is 10.7. The van der Waals surface area contributed by atoms with Gasteiger partial charge in [0.25, 0.3) is 0 Å². The highest BCUT2D eigenvalue weighted by molar-refractivity contribution is 5.85. The first-order chi connectivity index (χ1) is 15.4. The van der Waals surface area contributed by atoms with Crippen LogP contribution in [0.15, 0.2) is 30.3 Å². The van der Waals surface area contributed by atoms with Crippen LogP contribution < -0.4 is 5.32 Å². The zero-order chi connectivity index (χ0) is 24.8. The van der Waals surface area contributed by atoms with Gasteiger partial charge in [0.15, 0.2) is 0 Å². The SMILES string of the molecule is COC(=O)C(C[C@@H]1CC[C@@](C)(C(=O)O)N1C(=O)OC(C)(C)C)NC(=O)OCc1ccccc1. The first kappa shape index (κ1) is 26.0. The van der Waals surface area contributed by atoms with Crippen molar-refractivity contribution in [2.45, 2.75) is 76.8 Å². The van der Waals surface area contributed by atoms with Crippen LogP contribution in [0.1, 0.15) is 52.5 Å². The molecule has 2 amide bonds. The summed E-state index contributed by atoms with van der Waals surface area (Å²) >= 11 is 0. The van der Waals surface area contributed by atoms with Crippen molar-refractivity contribution in [3.05, 3.63) is 35.9 Å². The second-order valence-electron chi connectivity index (χ2n) is 9.14. The number of rotatable bonds is 7. The Balaban J connectivity index is 2.16. The third-order valence-corrected chi connectivity index (χ3v) is 5.41. The minimum Gasteiger partial charge on any atom is -0.480 e. The van der Waals surface area contributed by atoms with E-state index in [1.54, 1.807) is 45.0 Å². The summed E-state index contributed by atoms with van der Waals surface area (Å²) < 4.78 is 15.4. The Kier molecular flexibility index (Phi) is 8.29. The predicted molar refractivity (Wildman–Crippen MR) is 117 cm³/mol. The monoisotopic (exact) mass is 464 g/mol. The minimum atomic E-state index is -1.51. The van der Waals surface area contributed by atoms with E-state index in [9.17, 15) is 24.3 Å². The topological polar surface area (TPSA) is 131 Å². The van der Waals surface area contributed by atoms with E-state index < -0.39 is 47.3 Å². The highest BCUT2D eigenvalue weighted by Crippen LogP contribution is 2.37. The van der Waals surface area contributed by atoms with E-state index in [4.69, 9.17) is 14.2 Å². The summed E-state index contributed by atoms with van der Waals surface area (Å²) in [4.78, 5) is 50.7. The van der Waals surface area contributed by atoms with Gasteiger partial charge in [-0.05, 0) is 52.5 Å². The van der Waals surface area contributed by atoms with Gasteiger partial charge < -0.3 is 24.6 Å². The molecule has 0 spiro atoms. The Hall–Kier alpha value is -3.30. The number of nitrogens with one attached hydrogen (secondary N) is 1. The van der Waals surface area contributed by atoms with Crippen molar-refractivity contribution >= 4 is 24.1 Å². The molecule has 10 nitrogen and oxygen atoms in total. The van der Waals surface area contributed by atoms with Crippen molar-refractivity contribution in [1.82, 2.24) is 10.2 Å². The number of carbonyl (C=O) groups excluding carboxylic acids is 3. The second-order valence-corrected chi connectivity index (χ2v) is 9.14. The van der Waals surface area contributed by atoms with Crippen molar-refractivity contribution in [3.63, 3.8) is 0 Å². The average Bonchev–Trinajstić information content (AvgIpc) is 3.08. The quantitative estimate of drug-likeness (QED) is 0.465. The number of aliphatic carboxylic acids is 1. The fourth-order valence-corrected chi connectivity index (χ4v) is 3.73. The molecule has 1 aromatic carbocycles. The number of amides is 2. The predicted octanol–water partition coefficient (Wildman–Crippen LogP) is 3.09. The lowest BCUT2D eigenvalue weighted by molar-refractivity contribution is -0.149. The lowest BCUT2D eigenvalue weighted by atomic mass is 10.00. The Bertz CT molecular complexity index is 867. The minimum absolute atomic E-state index is 0.00507. The van der Waals surface area contributed by atoms with Crippen LogP contribution in [0, 0.1) is 0 Å². The number of likely N-dealkylation sites (tertiary alicyclic amines) is 1. The smallest absolute Gasteiger partial charge is 0.411 e. The Morgan fingerprint density at radius 1 is 1.21 bits per heavy atom. The van der Waals surface area contributed by atoms with Crippen LogP contribution in [0.2, 0.25) is 0 Å². The first-order valence-electron chi connectivity index (χ1n) is 10.7. The molecule has 33 heavy (non-hydrogen) atoms. The van der Waals surface area contributed by atoms with Gasteiger partial charge in [0.1, 0.15) is 23.8 Å². The number of alkyl carbamates (subject to hydrolysis) is 1. The van der Waals surface area contributed by atoms with Crippen LogP contribution in [0.5, 0.6) is 0 Å². The van der Waals surface area contributed by atoms with Crippen LogP contribution in [-0.4, -0.2) is 64.5 Å². The molecule has 182 valence electrons. The molecule has 2 N–H and O–H groups in total. The summed E-state index contributed by atoms with van der Waals surface area (Å²) in [5, 5.41) is 12.3. The summed E-state index contributed by atoms with van der Waals surface area (Å²) in [6, 6.07) is 7.19. The largest absolute Gasteiger partial charge is 0.480 e. The fraction of sp³-hybridized carbons (Fsp3) is 0.565. The normalized spacial score (nSPS) is 21.1. The van der Waals surface area contributed by atoms with Gasteiger partial charge in [-0.15, -0.1) is 0 Å². The van der Waals surface area contributed by atoms with E-state index >= 15 is 0 Å². The van der Waals surface area contributed by atoms with Crippen molar-refractivity contribution in [2.24, 2.45) is 0 Å². The molecule has 3 atom stereocenters. The molecule has 1 heterocycles. The van der Waals surface area contributed by atoms with Crippen LogP contribution in [0.4, 0.5) is 9.59 Å². The van der Waals surface area contributed by atoms with Crippen LogP contribution in [-0.2, 0) is 30.4 Å². The summed E-state index contributed by atoms with van der Waals surface area (Å²) in [7, 11) is 1.17. The molecule has 1 saturated heterocycles. The molecule has 0 aromatic heterocycles. The lowest BCUT2D eigenvalue weighted by Gasteiger charge is -2.37. The Labute approximate surface area is 193 Å². The maximum Gasteiger partial charge on any atom is 0.411 e. The molecule has 1 fully saturated rings. The van der Waals surface area contributed by atoms with Gasteiger partial charge in [0.2, 0.25) is 0 Å². The number of nitrogens with zero attached hydrogens (tertiary/aromatic N) is 1.